The van der Waals surface area contributed by atoms with Crippen molar-refractivity contribution >= 4 is 11.6 Å². The molecule has 1 aromatic carbocycles. The fourth-order valence-electron chi connectivity index (χ4n) is 1.75. The summed E-state index contributed by atoms with van der Waals surface area (Å²) >= 11 is 0. The maximum atomic E-state index is 11.0. The van der Waals surface area contributed by atoms with Crippen molar-refractivity contribution in [3.05, 3.63) is 29.8 Å². The number of nitrogen functional groups attached to an aromatic ring is 1. The minimum absolute atomic E-state index is 0.258. The van der Waals surface area contributed by atoms with E-state index in [1.165, 1.54) is 0 Å². The Hall–Kier alpha value is -1.59. The summed E-state index contributed by atoms with van der Waals surface area (Å²) in [5.74, 6) is -0.317. The Morgan fingerprint density at radius 1 is 1.33 bits per heavy atom. The largest absolute Gasteiger partial charge is 0.399 e. The van der Waals surface area contributed by atoms with Gasteiger partial charge in [-0.3, -0.25) is 9.69 Å². The zero-order chi connectivity index (χ0) is 13.4. The van der Waals surface area contributed by atoms with E-state index in [-0.39, 0.29) is 12.5 Å². The lowest BCUT2D eigenvalue weighted by Crippen LogP contribution is -2.34. The second kappa shape index (κ2) is 7.68. The zero-order valence-corrected chi connectivity index (χ0v) is 10.8. The molecule has 1 amide bonds. The van der Waals surface area contributed by atoms with E-state index < -0.39 is 0 Å². The fourth-order valence-corrected chi connectivity index (χ4v) is 1.75. The number of carbonyl (C=O) groups is 1. The SMILES string of the molecule is COCCCN(CC(N)=O)Cc1ccc(N)cc1. The smallest absolute Gasteiger partial charge is 0.231 e. The minimum Gasteiger partial charge on any atom is -0.399 e. The van der Waals surface area contributed by atoms with Gasteiger partial charge in [0.05, 0.1) is 6.54 Å². The van der Waals surface area contributed by atoms with Gasteiger partial charge in [0.1, 0.15) is 0 Å². The molecule has 1 rings (SSSR count). The van der Waals surface area contributed by atoms with Gasteiger partial charge in [0.2, 0.25) is 5.91 Å². The number of benzene rings is 1. The Labute approximate surface area is 108 Å². The van der Waals surface area contributed by atoms with E-state index >= 15 is 0 Å². The number of nitrogens with zero attached hydrogens (tertiary/aromatic N) is 1. The molecule has 4 N–H and O–H groups in total. The molecule has 0 atom stereocenters. The molecule has 5 nitrogen and oxygen atoms in total. The van der Waals surface area contributed by atoms with Crippen molar-refractivity contribution in [2.45, 2.75) is 13.0 Å². The Morgan fingerprint density at radius 3 is 2.56 bits per heavy atom. The van der Waals surface area contributed by atoms with Crippen molar-refractivity contribution in [3.8, 4) is 0 Å². The third-order valence-corrected chi connectivity index (χ3v) is 2.59. The van der Waals surface area contributed by atoms with Crippen LogP contribution in [0.4, 0.5) is 5.69 Å². The topological polar surface area (TPSA) is 81.6 Å². The van der Waals surface area contributed by atoms with Crippen molar-refractivity contribution < 1.29 is 9.53 Å². The summed E-state index contributed by atoms with van der Waals surface area (Å²) in [5.41, 5.74) is 12.7. The fraction of sp³-hybridized carbons (Fsp3) is 0.462. The summed E-state index contributed by atoms with van der Waals surface area (Å²) in [4.78, 5) is 13.0. The Morgan fingerprint density at radius 2 is 2.00 bits per heavy atom. The quantitative estimate of drug-likeness (QED) is 0.523. The van der Waals surface area contributed by atoms with Gasteiger partial charge in [-0.2, -0.15) is 0 Å². The van der Waals surface area contributed by atoms with Gasteiger partial charge < -0.3 is 16.2 Å². The predicted octanol–water partition coefficient (Wildman–Crippen LogP) is 0.593. The monoisotopic (exact) mass is 251 g/mol. The highest BCUT2D eigenvalue weighted by Gasteiger charge is 2.08. The number of amides is 1. The molecule has 5 heteroatoms. The van der Waals surface area contributed by atoms with E-state index in [9.17, 15) is 4.79 Å². The molecule has 18 heavy (non-hydrogen) atoms. The molecule has 0 aliphatic carbocycles. The summed E-state index contributed by atoms with van der Waals surface area (Å²) in [6.07, 6.45) is 0.874. The number of nitrogens with two attached hydrogens (primary N) is 2. The van der Waals surface area contributed by atoms with Crippen LogP contribution in [0.15, 0.2) is 24.3 Å². The predicted molar refractivity (Wildman–Crippen MR) is 71.8 cm³/mol. The van der Waals surface area contributed by atoms with Gasteiger partial charge in [-0.1, -0.05) is 12.1 Å². The van der Waals surface area contributed by atoms with Gasteiger partial charge in [-0.15, -0.1) is 0 Å². The molecule has 0 unspecified atom stereocenters. The van der Waals surface area contributed by atoms with Crippen LogP contribution < -0.4 is 11.5 Å². The summed E-state index contributed by atoms with van der Waals surface area (Å²) in [6.45, 7) is 2.40. The van der Waals surface area contributed by atoms with Gasteiger partial charge in [-0.05, 0) is 24.1 Å². The molecule has 0 aliphatic rings. The first-order valence-corrected chi connectivity index (χ1v) is 5.96. The summed E-state index contributed by atoms with van der Waals surface area (Å²) in [6, 6.07) is 7.62. The van der Waals surface area contributed by atoms with Crippen LogP contribution in [0.1, 0.15) is 12.0 Å². The van der Waals surface area contributed by atoms with Gasteiger partial charge in [-0.25, -0.2) is 0 Å². The molecule has 0 spiro atoms. The minimum atomic E-state index is -0.317. The molecule has 0 heterocycles. The maximum absolute atomic E-state index is 11.0. The third-order valence-electron chi connectivity index (χ3n) is 2.59. The molecule has 0 saturated heterocycles. The van der Waals surface area contributed by atoms with Crippen molar-refractivity contribution in [1.29, 1.82) is 0 Å². The molecule has 0 radical (unpaired) electrons. The van der Waals surface area contributed by atoms with Crippen LogP contribution in [0.25, 0.3) is 0 Å². The van der Waals surface area contributed by atoms with E-state index in [1.54, 1.807) is 7.11 Å². The number of primary amides is 1. The van der Waals surface area contributed by atoms with Crippen molar-refractivity contribution in [1.82, 2.24) is 4.90 Å². The molecule has 1 aromatic rings. The number of hydrogen-bond acceptors (Lipinski definition) is 4. The molecule has 0 fully saturated rings. The summed E-state index contributed by atoms with van der Waals surface area (Å²) < 4.78 is 5.00. The Balaban J connectivity index is 2.53. The summed E-state index contributed by atoms with van der Waals surface area (Å²) in [7, 11) is 1.67. The summed E-state index contributed by atoms with van der Waals surface area (Å²) in [5, 5.41) is 0. The molecule has 0 bridgehead atoms. The zero-order valence-electron chi connectivity index (χ0n) is 10.8. The maximum Gasteiger partial charge on any atom is 0.231 e. The van der Waals surface area contributed by atoms with E-state index in [0.717, 1.165) is 24.2 Å². The highest BCUT2D eigenvalue weighted by Crippen LogP contribution is 2.08. The van der Waals surface area contributed by atoms with E-state index in [2.05, 4.69) is 0 Å². The number of methoxy groups -OCH3 is 1. The molecule has 100 valence electrons. The van der Waals surface area contributed by atoms with Crippen LogP contribution in [-0.4, -0.2) is 37.6 Å². The second-order valence-electron chi connectivity index (χ2n) is 4.26. The van der Waals surface area contributed by atoms with Gasteiger partial charge in [0, 0.05) is 32.5 Å². The molecule has 0 aromatic heterocycles. The lowest BCUT2D eigenvalue weighted by molar-refractivity contribution is -0.119. The lowest BCUT2D eigenvalue weighted by Gasteiger charge is -2.20. The van der Waals surface area contributed by atoms with Crippen LogP contribution in [-0.2, 0) is 16.1 Å². The third kappa shape index (κ3) is 5.65. The van der Waals surface area contributed by atoms with Crippen LogP contribution in [0, 0.1) is 0 Å². The average molecular weight is 251 g/mol. The first-order chi connectivity index (χ1) is 8.61. The normalized spacial score (nSPS) is 10.8. The van der Waals surface area contributed by atoms with Crippen LogP contribution >= 0.6 is 0 Å². The first-order valence-electron chi connectivity index (χ1n) is 5.96. The van der Waals surface area contributed by atoms with E-state index in [4.69, 9.17) is 16.2 Å². The highest BCUT2D eigenvalue weighted by molar-refractivity contribution is 5.75. The van der Waals surface area contributed by atoms with Crippen molar-refractivity contribution in [2.75, 3.05) is 32.5 Å². The van der Waals surface area contributed by atoms with Crippen molar-refractivity contribution in [2.24, 2.45) is 5.73 Å². The first kappa shape index (κ1) is 14.5. The number of rotatable bonds is 8. The Bertz CT molecular complexity index is 365. The second-order valence-corrected chi connectivity index (χ2v) is 4.26. The van der Waals surface area contributed by atoms with Crippen LogP contribution in [0.3, 0.4) is 0 Å². The van der Waals surface area contributed by atoms with Gasteiger partial charge >= 0.3 is 0 Å². The van der Waals surface area contributed by atoms with E-state index in [1.807, 2.05) is 29.2 Å². The number of carbonyl (C=O) groups excluding carboxylic acids is 1. The number of hydrogen-bond donors (Lipinski definition) is 2. The average Bonchev–Trinajstić information content (AvgIpc) is 2.31. The Kier molecular flexibility index (Phi) is 6.18. The molecule has 0 saturated carbocycles. The highest BCUT2D eigenvalue weighted by atomic mass is 16.5. The van der Waals surface area contributed by atoms with Gasteiger partial charge in [0.25, 0.3) is 0 Å². The van der Waals surface area contributed by atoms with E-state index in [0.29, 0.717) is 13.2 Å². The number of anilines is 1. The molecule has 0 aliphatic heterocycles. The number of ether oxygens (including phenoxy) is 1. The van der Waals surface area contributed by atoms with Crippen LogP contribution in [0.2, 0.25) is 0 Å². The standard InChI is InChI=1S/C13H21N3O2/c1-18-8-2-7-16(10-13(15)17)9-11-3-5-12(14)6-4-11/h3-6H,2,7-10,14H2,1H3,(H2,15,17). The molecular weight excluding hydrogens is 230 g/mol. The van der Waals surface area contributed by atoms with Crippen LogP contribution in [0.5, 0.6) is 0 Å². The van der Waals surface area contributed by atoms with Gasteiger partial charge in [0.15, 0.2) is 0 Å². The molecular formula is C13H21N3O2. The lowest BCUT2D eigenvalue weighted by atomic mass is 10.2. The van der Waals surface area contributed by atoms with Crippen molar-refractivity contribution in [3.63, 3.8) is 0 Å².